The van der Waals surface area contributed by atoms with Gasteiger partial charge in [0.25, 0.3) is 0 Å². The molecule has 2 N–H and O–H groups in total. The van der Waals surface area contributed by atoms with E-state index in [0.717, 1.165) is 68.9 Å². The van der Waals surface area contributed by atoms with Crippen molar-refractivity contribution in [2.45, 2.75) is 39.8 Å². The molecule has 0 radical (unpaired) electrons. The lowest BCUT2D eigenvalue weighted by Crippen LogP contribution is -2.29. The molecule has 0 aliphatic carbocycles. The maximum absolute atomic E-state index is 12.5. The van der Waals surface area contributed by atoms with Crippen molar-refractivity contribution in [3.8, 4) is 17.0 Å². The van der Waals surface area contributed by atoms with Crippen molar-refractivity contribution in [3.05, 3.63) is 71.8 Å². The van der Waals surface area contributed by atoms with Crippen LogP contribution in [0.1, 0.15) is 37.8 Å². The highest BCUT2D eigenvalue weighted by Crippen LogP contribution is 2.42. The number of carbonyl (C=O) groups is 2. The Kier molecular flexibility index (Phi) is 7.58. The molecular weight excluding hydrogens is 516 g/mol. The third kappa shape index (κ3) is 5.34. The Labute approximate surface area is 229 Å². The van der Waals surface area contributed by atoms with Crippen LogP contribution in [0.5, 0.6) is 5.88 Å². The molecule has 9 nitrogen and oxygen atoms in total. The average Bonchev–Trinajstić information content (AvgIpc) is 3.50. The summed E-state index contributed by atoms with van der Waals surface area (Å²) < 4.78 is 15.9. The molecule has 0 saturated carbocycles. The van der Waals surface area contributed by atoms with Crippen LogP contribution in [-0.4, -0.2) is 42.1 Å². The highest BCUT2D eigenvalue weighted by Gasteiger charge is 2.24. The summed E-state index contributed by atoms with van der Waals surface area (Å²) in [6.45, 7) is 4.42. The number of unbranched alkanes of at least 4 members (excludes halogenated alkanes) is 1. The zero-order valence-corrected chi connectivity index (χ0v) is 22.4. The van der Waals surface area contributed by atoms with E-state index in [0.29, 0.717) is 18.7 Å². The summed E-state index contributed by atoms with van der Waals surface area (Å²) in [6.07, 6.45) is 0.371. The molecule has 0 aliphatic rings. The van der Waals surface area contributed by atoms with Crippen LogP contribution < -0.4 is 9.64 Å². The van der Waals surface area contributed by atoms with Gasteiger partial charge in [-0.15, -0.1) is 0 Å². The summed E-state index contributed by atoms with van der Waals surface area (Å²) >= 11 is 1.14. The number of carboxylic acid groups (broad SMARTS) is 1. The molecular formula is C29H28N4O5S. The number of ether oxygens (including phenoxy) is 1. The second-order valence-electron chi connectivity index (χ2n) is 9.30. The van der Waals surface area contributed by atoms with Gasteiger partial charge < -0.3 is 24.4 Å². The molecule has 39 heavy (non-hydrogen) atoms. The van der Waals surface area contributed by atoms with Gasteiger partial charge in [0.2, 0.25) is 11.8 Å². The van der Waals surface area contributed by atoms with Crippen molar-refractivity contribution in [2.75, 3.05) is 11.4 Å². The first-order chi connectivity index (χ1) is 18.9. The van der Waals surface area contributed by atoms with Gasteiger partial charge >= 0.3 is 6.16 Å². The number of hydrogen-bond donors (Lipinski definition) is 2. The summed E-state index contributed by atoms with van der Waals surface area (Å²) in [4.78, 5) is 26.2. The van der Waals surface area contributed by atoms with Crippen LogP contribution in [-0.2, 0) is 17.9 Å². The number of amides is 1. The van der Waals surface area contributed by atoms with Crippen molar-refractivity contribution in [1.82, 2.24) is 13.3 Å². The summed E-state index contributed by atoms with van der Waals surface area (Å²) in [7, 11) is 0. The van der Waals surface area contributed by atoms with E-state index in [1.807, 2.05) is 53.1 Å². The molecule has 5 aromatic rings. The van der Waals surface area contributed by atoms with Gasteiger partial charge in [0.1, 0.15) is 11.0 Å². The molecule has 0 spiro atoms. The predicted octanol–water partition coefficient (Wildman–Crippen LogP) is 6.06. The fourth-order valence-electron chi connectivity index (χ4n) is 4.78. The minimum absolute atomic E-state index is 0.0664. The zero-order chi connectivity index (χ0) is 27.5. The monoisotopic (exact) mass is 544 g/mol. The first-order valence-corrected chi connectivity index (χ1v) is 13.4. The lowest BCUT2D eigenvalue weighted by Gasteiger charge is -2.21. The summed E-state index contributed by atoms with van der Waals surface area (Å²) in [5.74, 6) is 0.106. The first kappa shape index (κ1) is 26.3. The van der Waals surface area contributed by atoms with Gasteiger partial charge in [0, 0.05) is 24.5 Å². The number of fused-ring (bicyclic) bond motifs is 2. The summed E-state index contributed by atoms with van der Waals surface area (Å²) in [5, 5.41) is 20.0. The summed E-state index contributed by atoms with van der Waals surface area (Å²) in [6, 6.07) is 18.7. The Morgan fingerprint density at radius 2 is 1.74 bits per heavy atom. The molecule has 2 aromatic heterocycles. The second-order valence-corrected chi connectivity index (χ2v) is 9.83. The van der Waals surface area contributed by atoms with Gasteiger partial charge in [-0.05, 0) is 53.4 Å². The van der Waals surface area contributed by atoms with Gasteiger partial charge in [-0.25, -0.2) is 4.79 Å². The van der Waals surface area contributed by atoms with Crippen molar-refractivity contribution >= 4 is 51.4 Å². The number of aliphatic hydroxyl groups excluding tert-OH is 1. The molecule has 0 bridgehead atoms. The van der Waals surface area contributed by atoms with E-state index in [1.165, 1.54) is 0 Å². The molecule has 0 aliphatic heterocycles. The Balaban J connectivity index is 1.74. The van der Waals surface area contributed by atoms with E-state index in [1.54, 1.807) is 24.0 Å². The van der Waals surface area contributed by atoms with E-state index in [9.17, 15) is 19.8 Å². The number of hydrogen-bond acceptors (Lipinski definition) is 7. The van der Waals surface area contributed by atoms with Gasteiger partial charge in [-0.2, -0.15) is 8.75 Å². The van der Waals surface area contributed by atoms with Crippen LogP contribution in [0.3, 0.4) is 0 Å². The van der Waals surface area contributed by atoms with Gasteiger partial charge in [0.15, 0.2) is 0 Å². The van der Waals surface area contributed by atoms with Crippen LogP contribution >= 0.6 is 11.7 Å². The van der Waals surface area contributed by atoms with Gasteiger partial charge in [-0.3, -0.25) is 4.79 Å². The number of benzene rings is 3. The molecule has 3 aromatic carbocycles. The molecule has 200 valence electrons. The lowest BCUT2D eigenvalue weighted by molar-refractivity contribution is -0.116. The molecule has 2 heterocycles. The maximum atomic E-state index is 12.5. The third-order valence-electron chi connectivity index (χ3n) is 6.69. The van der Waals surface area contributed by atoms with Gasteiger partial charge in [-0.1, -0.05) is 43.7 Å². The van der Waals surface area contributed by atoms with Crippen molar-refractivity contribution < 1.29 is 24.5 Å². The topological polar surface area (TPSA) is 118 Å². The molecule has 0 atom stereocenters. The Morgan fingerprint density at radius 3 is 2.44 bits per heavy atom. The fraction of sp³-hybridized carbons (Fsp3) is 0.241. The van der Waals surface area contributed by atoms with Gasteiger partial charge in [0.05, 0.1) is 36.0 Å². The SMILES string of the molecule is CCCCN(C(C)=O)c1ccc2c(c1)c(-c1ccc(CO)cc1)c(OC(=O)O)n2Cc1ccc2nsnc2c1. The fourth-order valence-corrected chi connectivity index (χ4v) is 5.30. The molecule has 0 unspecified atom stereocenters. The molecule has 1 amide bonds. The van der Waals surface area contributed by atoms with E-state index in [4.69, 9.17) is 4.74 Å². The zero-order valence-electron chi connectivity index (χ0n) is 21.6. The van der Waals surface area contributed by atoms with Crippen molar-refractivity contribution in [3.63, 3.8) is 0 Å². The molecule has 5 rings (SSSR count). The number of aliphatic hydroxyl groups is 1. The third-order valence-corrected chi connectivity index (χ3v) is 7.25. The smallest absolute Gasteiger partial charge is 0.449 e. The molecule has 0 fully saturated rings. The van der Waals surface area contributed by atoms with E-state index in [2.05, 4.69) is 15.7 Å². The highest BCUT2D eigenvalue weighted by molar-refractivity contribution is 7.00. The average molecular weight is 545 g/mol. The van der Waals surface area contributed by atoms with Crippen molar-refractivity contribution in [2.24, 2.45) is 0 Å². The Bertz CT molecular complexity index is 1660. The Hall–Kier alpha value is -4.28. The van der Waals surface area contributed by atoms with Crippen LogP contribution in [0, 0.1) is 0 Å². The number of carbonyl (C=O) groups excluding carboxylic acids is 1. The highest BCUT2D eigenvalue weighted by atomic mass is 32.1. The Morgan fingerprint density at radius 1 is 1.00 bits per heavy atom. The van der Waals surface area contributed by atoms with E-state index in [-0.39, 0.29) is 18.4 Å². The standard InChI is InChI=1S/C29H28N4O5S/c1-3-4-13-32(18(2)35)22-10-12-26-23(15-22)27(21-8-5-19(17-34)6-9-21)28(38-29(36)37)33(26)16-20-7-11-24-25(14-20)31-39-30-24/h5-12,14-15,34H,3-4,13,16-17H2,1-2H3,(H,36,37). The largest absolute Gasteiger partial charge is 0.512 e. The van der Waals surface area contributed by atoms with E-state index >= 15 is 0 Å². The first-order valence-electron chi connectivity index (χ1n) is 12.7. The lowest BCUT2D eigenvalue weighted by atomic mass is 10.0. The summed E-state index contributed by atoms with van der Waals surface area (Å²) in [5.41, 5.74) is 6.01. The number of nitrogens with zero attached hydrogens (tertiary/aromatic N) is 4. The predicted molar refractivity (Wildman–Crippen MR) is 151 cm³/mol. The normalized spacial score (nSPS) is 11.3. The number of aromatic nitrogens is 3. The minimum Gasteiger partial charge on any atom is -0.449 e. The van der Waals surface area contributed by atoms with Crippen LogP contribution in [0.2, 0.25) is 0 Å². The maximum Gasteiger partial charge on any atom is 0.512 e. The number of anilines is 1. The molecule has 10 heteroatoms. The van der Waals surface area contributed by atoms with Crippen LogP contribution in [0.4, 0.5) is 10.5 Å². The van der Waals surface area contributed by atoms with Crippen molar-refractivity contribution in [1.29, 1.82) is 0 Å². The minimum atomic E-state index is -1.43. The van der Waals surface area contributed by atoms with Crippen LogP contribution in [0.25, 0.3) is 33.1 Å². The second kappa shape index (κ2) is 11.2. The van der Waals surface area contributed by atoms with E-state index < -0.39 is 6.16 Å². The van der Waals surface area contributed by atoms with Crippen LogP contribution in [0.15, 0.2) is 60.7 Å². The molecule has 0 saturated heterocycles. The number of rotatable bonds is 9. The quantitative estimate of drug-likeness (QED) is 0.216.